The average Bonchev–Trinajstić information content (AvgIpc) is 2.42. The lowest BCUT2D eigenvalue weighted by molar-refractivity contribution is 0.275. The van der Waals surface area contributed by atoms with Gasteiger partial charge in [0.1, 0.15) is 5.75 Å². The van der Waals surface area contributed by atoms with Crippen molar-refractivity contribution in [1.82, 2.24) is 4.98 Å². The number of hydrogen-bond acceptors (Lipinski definition) is 3. The minimum Gasteiger partial charge on any atom is -0.438 e. The Bertz CT molecular complexity index is 550. The Morgan fingerprint density at radius 1 is 1.22 bits per heavy atom. The van der Waals surface area contributed by atoms with Gasteiger partial charge in [0.2, 0.25) is 5.88 Å². The van der Waals surface area contributed by atoms with Gasteiger partial charge in [-0.3, -0.25) is 0 Å². The van der Waals surface area contributed by atoms with Gasteiger partial charge in [0.05, 0.1) is 6.61 Å². The summed E-state index contributed by atoms with van der Waals surface area (Å²) in [6.45, 7) is 1.87. The fourth-order valence-electron chi connectivity index (χ4n) is 1.63. The van der Waals surface area contributed by atoms with E-state index < -0.39 is 0 Å². The van der Waals surface area contributed by atoms with Crippen LogP contribution >= 0.6 is 0 Å². The Morgan fingerprint density at radius 2 is 2.06 bits per heavy atom. The molecule has 0 aliphatic carbocycles. The van der Waals surface area contributed by atoms with Crippen LogP contribution in [0.25, 0.3) is 6.08 Å². The van der Waals surface area contributed by atoms with Gasteiger partial charge in [0, 0.05) is 17.3 Å². The second kappa shape index (κ2) is 5.98. The lowest BCUT2D eigenvalue weighted by Crippen LogP contribution is -1.95. The zero-order valence-corrected chi connectivity index (χ0v) is 10.2. The summed E-state index contributed by atoms with van der Waals surface area (Å²) in [6, 6.07) is 11.3. The van der Waals surface area contributed by atoms with Gasteiger partial charge in [0.15, 0.2) is 0 Å². The van der Waals surface area contributed by atoms with Crippen LogP contribution in [0.15, 0.2) is 48.7 Å². The van der Waals surface area contributed by atoms with Crippen LogP contribution in [0, 0.1) is 0 Å². The molecule has 0 radical (unpaired) electrons. The number of aromatic nitrogens is 1. The molecule has 0 saturated heterocycles. The van der Waals surface area contributed by atoms with Crippen molar-refractivity contribution in [2.75, 3.05) is 0 Å². The standard InChI is InChI=1S/C15H15NO2/c1-2-6-12-7-3-4-9-14(12)18-15-13(11-17)8-5-10-16-15/h2-10,17H,11H2,1H3. The summed E-state index contributed by atoms with van der Waals surface area (Å²) in [5, 5.41) is 9.24. The Hall–Kier alpha value is -2.13. The molecule has 92 valence electrons. The maximum atomic E-state index is 9.24. The van der Waals surface area contributed by atoms with Crippen LogP contribution in [0.3, 0.4) is 0 Å². The van der Waals surface area contributed by atoms with E-state index >= 15 is 0 Å². The molecule has 2 aromatic rings. The Labute approximate surface area is 106 Å². The van der Waals surface area contributed by atoms with Crippen molar-refractivity contribution in [3.05, 3.63) is 59.8 Å². The lowest BCUT2D eigenvalue weighted by atomic mass is 10.2. The van der Waals surface area contributed by atoms with Crippen LogP contribution in [0.5, 0.6) is 11.6 Å². The number of aliphatic hydroxyl groups excluding tert-OH is 1. The van der Waals surface area contributed by atoms with Gasteiger partial charge in [-0.05, 0) is 25.1 Å². The van der Waals surface area contributed by atoms with E-state index in [1.165, 1.54) is 0 Å². The van der Waals surface area contributed by atoms with Gasteiger partial charge in [-0.1, -0.05) is 30.4 Å². The molecule has 0 saturated carbocycles. The zero-order valence-electron chi connectivity index (χ0n) is 10.2. The maximum absolute atomic E-state index is 9.24. The van der Waals surface area contributed by atoms with Gasteiger partial charge >= 0.3 is 0 Å². The number of pyridine rings is 1. The molecule has 0 amide bonds. The van der Waals surface area contributed by atoms with Crippen LogP contribution in [-0.2, 0) is 6.61 Å². The predicted octanol–water partition coefficient (Wildman–Crippen LogP) is 3.40. The topological polar surface area (TPSA) is 42.4 Å². The van der Waals surface area contributed by atoms with Crippen molar-refractivity contribution in [2.45, 2.75) is 13.5 Å². The van der Waals surface area contributed by atoms with Crippen LogP contribution in [-0.4, -0.2) is 10.1 Å². The van der Waals surface area contributed by atoms with Crippen molar-refractivity contribution >= 4 is 6.08 Å². The fraction of sp³-hybridized carbons (Fsp3) is 0.133. The summed E-state index contributed by atoms with van der Waals surface area (Å²) in [7, 11) is 0. The van der Waals surface area contributed by atoms with E-state index in [0.717, 1.165) is 11.3 Å². The molecule has 1 aromatic carbocycles. The number of ether oxygens (including phenoxy) is 1. The van der Waals surface area contributed by atoms with Crippen molar-refractivity contribution < 1.29 is 9.84 Å². The molecule has 18 heavy (non-hydrogen) atoms. The van der Waals surface area contributed by atoms with Gasteiger partial charge < -0.3 is 9.84 Å². The predicted molar refractivity (Wildman–Crippen MR) is 71.4 cm³/mol. The highest BCUT2D eigenvalue weighted by atomic mass is 16.5. The number of rotatable bonds is 4. The number of allylic oxidation sites excluding steroid dienone is 1. The first-order valence-corrected chi connectivity index (χ1v) is 5.79. The second-order valence-electron chi connectivity index (χ2n) is 3.77. The Balaban J connectivity index is 2.34. The van der Waals surface area contributed by atoms with Crippen LogP contribution < -0.4 is 4.74 Å². The molecular formula is C15H15NO2. The molecular weight excluding hydrogens is 226 g/mol. The van der Waals surface area contributed by atoms with E-state index in [2.05, 4.69) is 4.98 Å². The minimum absolute atomic E-state index is 0.0883. The third kappa shape index (κ3) is 2.76. The Morgan fingerprint density at radius 3 is 2.83 bits per heavy atom. The normalized spacial score (nSPS) is 10.8. The molecule has 0 atom stereocenters. The second-order valence-corrected chi connectivity index (χ2v) is 3.77. The first kappa shape index (κ1) is 12.3. The largest absolute Gasteiger partial charge is 0.438 e. The third-order valence-corrected chi connectivity index (χ3v) is 2.49. The van der Waals surface area contributed by atoms with Crippen molar-refractivity contribution in [3.63, 3.8) is 0 Å². The molecule has 0 unspecified atom stereocenters. The molecule has 0 fully saturated rings. The van der Waals surface area contributed by atoms with Gasteiger partial charge in [-0.2, -0.15) is 0 Å². The number of nitrogens with zero attached hydrogens (tertiary/aromatic N) is 1. The maximum Gasteiger partial charge on any atom is 0.224 e. The van der Waals surface area contributed by atoms with Crippen LogP contribution in [0.1, 0.15) is 18.1 Å². The summed E-state index contributed by atoms with van der Waals surface area (Å²) in [5.41, 5.74) is 1.65. The Kier molecular flexibility index (Phi) is 4.10. The average molecular weight is 241 g/mol. The van der Waals surface area contributed by atoms with Crippen LogP contribution in [0.2, 0.25) is 0 Å². The van der Waals surface area contributed by atoms with Crippen molar-refractivity contribution in [1.29, 1.82) is 0 Å². The summed E-state index contributed by atoms with van der Waals surface area (Å²) >= 11 is 0. The number of para-hydroxylation sites is 1. The molecule has 2 rings (SSSR count). The number of aliphatic hydroxyl groups is 1. The van der Waals surface area contributed by atoms with Crippen LogP contribution in [0.4, 0.5) is 0 Å². The minimum atomic E-state index is -0.0883. The van der Waals surface area contributed by atoms with E-state index in [9.17, 15) is 5.11 Å². The molecule has 0 spiro atoms. The number of hydrogen-bond donors (Lipinski definition) is 1. The van der Waals surface area contributed by atoms with Gasteiger partial charge in [-0.15, -0.1) is 0 Å². The first-order chi connectivity index (χ1) is 8.85. The molecule has 1 N–H and O–H groups in total. The third-order valence-electron chi connectivity index (χ3n) is 2.49. The van der Waals surface area contributed by atoms with E-state index in [1.807, 2.05) is 43.3 Å². The van der Waals surface area contributed by atoms with Gasteiger partial charge in [-0.25, -0.2) is 4.98 Å². The van der Waals surface area contributed by atoms with E-state index in [1.54, 1.807) is 18.3 Å². The smallest absolute Gasteiger partial charge is 0.224 e. The highest BCUT2D eigenvalue weighted by Crippen LogP contribution is 2.27. The summed E-state index contributed by atoms with van der Waals surface area (Å²) in [5.74, 6) is 1.17. The van der Waals surface area contributed by atoms with Gasteiger partial charge in [0.25, 0.3) is 0 Å². The molecule has 0 aliphatic rings. The van der Waals surface area contributed by atoms with Crippen molar-refractivity contribution in [2.24, 2.45) is 0 Å². The molecule has 3 heteroatoms. The quantitative estimate of drug-likeness (QED) is 0.892. The molecule has 3 nitrogen and oxygen atoms in total. The number of benzene rings is 1. The fourth-order valence-corrected chi connectivity index (χ4v) is 1.63. The van der Waals surface area contributed by atoms with E-state index in [0.29, 0.717) is 11.4 Å². The summed E-state index contributed by atoms with van der Waals surface area (Å²) < 4.78 is 5.76. The molecule has 0 bridgehead atoms. The summed E-state index contributed by atoms with van der Waals surface area (Å²) in [6.07, 6.45) is 5.57. The summed E-state index contributed by atoms with van der Waals surface area (Å²) in [4.78, 5) is 4.14. The highest BCUT2D eigenvalue weighted by molar-refractivity contribution is 5.57. The molecule has 1 heterocycles. The van der Waals surface area contributed by atoms with E-state index in [4.69, 9.17) is 4.74 Å². The van der Waals surface area contributed by atoms with E-state index in [-0.39, 0.29) is 6.61 Å². The van der Waals surface area contributed by atoms with Crippen molar-refractivity contribution in [3.8, 4) is 11.6 Å². The highest BCUT2D eigenvalue weighted by Gasteiger charge is 2.06. The SMILES string of the molecule is CC=Cc1ccccc1Oc1ncccc1CO. The first-order valence-electron chi connectivity index (χ1n) is 5.79. The zero-order chi connectivity index (χ0) is 12.8. The monoisotopic (exact) mass is 241 g/mol. The lowest BCUT2D eigenvalue weighted by Gasteiger charge is -2.10. The molecule has 0 aliphatic heterocycles. The molecule has 1 aromatic heterocycles.